The zero-order valence-corrected chi connectivity index (χ0v) is 6.92. The number of rotatable bonds is 3. The minimum Gasteiger partial charge on any atom is -0.143 e. The molecule has 0 rings (SSSR count). The van der Waals surface area contributed by atoms with Crippen LogP contribution in [-0.4, -0.2) is 5.75 Å². The van der Waals surface area contributed by atoms with Crippen molar-refractivity contribution < 1.29 is 0 Å². The average molecular weight is 141 g/mol. The predicted octanol–water partition coefficient (Wildman–Crippen LogP) is 2.70. The first-order valence-corrected chi connectivity index (χ1v) is 4.38. The predicted molar refractivity (Wildman–Crippen MR) is 45.1 cm³/mol. The highest BCUT2D eigenvalue weighted by Crippen LogP contribution is 2.04. The number of thioether (sulfide) groups is 1. The monoisotopic (exact) mass is 141 g/mol. The Labute approximate surface area is 62.4 Å². The highest BCUT2D eigenvalue weighted by Gasteiger charge is 1.79. The van der Waals surface area contributed by atoms with Gasteiger partial charge in [0.25, 0.3) is 0 Å². The summed E-state index contributed by atoms with van der Waals surface area (Å²) < 4.78 is 0. The van der Waals surface area contributed by atoms with Crippen LogP contribution < -0.4 is 0 Å². The van der Waals surface area contributed by atoms with Gasteiger partial charge in [-0.25, -0.2) is 0 Å². The quantitative estimate of drug-likeness (QED) is 0.430. The van der Waals surface area contributed by atoms with Gasteiger partial charge in [0.1, 0.15) is 0 Å². The van der Waals surface area contributed by atoms with Crippen molar-refractivity contribution in [3.8, 4) is 11.8 Å². The lowest BCUT2D eigenvalue weighted by molar-refractivity contribution is 1.11. The Morgan fingerprint density at radius 1 is 1.44 bits per heavy atom. The molecule has 0 saturated heterocycles. The van der Waals surface area contributed by atoms with E-state index in [1.54, 1.807) is 11.8 Å². The summed E-state index contributed by atoms with van der Waals surface area (Å²) in [5, 5.41) is 0. The molecule has 0 aromatic heterocycles. The standard InChI is InChI=1S/C8H13S/c1-3-5-6-8-9-7-4-2/h8H,3-4,7H2,1-2H3. The molecule has 0 spiro atoms. The van der Waals surface area contributed by atoms with Gasteiger partial charge in [-0.3, -0.25) is 0 Å². The van der Waals surface area contributed by atoms with Crippen molar-refractivity contribution in [1.29, 1.82) is 0 Å². The molecule has 1 radical (unpaired) electrons. The minimum atomic E-state index is 0.961. The third kappa shape index (κ3) is 7.91. The first-order valence-electron chi connectivity index (χ1n) is 3.33. The van der Waals surface area contributed by atoms with Crippen molar-refractivity contribution in [3.63, 3.8) is 0 Å². The van der Waals surface area contributed by atoms with E-state index in [1.165, 1.54) is 12.2 Å². The first-order chi connectivity index (χ1) is 4.41. The lowest BCUT2D eigenvalue weighted by Gasteiger charge is -1.87. The largest absolute Gasteiger partial charge is 0.143 e. The van der Waals surface area contributed by atoms with Crippen molar-refractivity contribution in [2.75, 3.05) is 5.75 Å². The van der Waals surface area contributed by atoms with E-state index in [9.17, 15) is 0 Å². The molecule has 1 heteroatoms. The molecule has 0 nitrogen and oxygen atoms in total. The highest BCUT2D eigenvalue weighted by atomic mass is 32.2. The van der Waals surface area contributed by atoms with Gasteiger partial charge in [-0.1, -0.05) is 19.8 Å². The third-order valence-corrected chi connectivity index (χ3v) is 1.67. The number of hydrogen-bond acceptors (Lipinski definition) is 1. The van der Waals surface area contributed by atoms with Gasteiger partial charge < -0.3 is 0 Å². The molecule has 0 bridgehead atoms. The van der Waals surface area contributed by atoms with Crippen LogP contribution in [0.5, 0.6) is 0 Å². The molecule has 0 N–H and O–H groups in total. The van der Waals surface area contributed by atoms with Gasteiger partial charge in [0.05, 0.1) is 5.75 Å². The van der Waals surface area contributed by atoms with Gasteiger partial charge in [0, 0.05) is 6.42 Å². The Bertz CT molecular complexity index is 96.9. The fraction of sp³-hybridized carbons (Fsp3) is 0.625. The summed E-state index contributed by atoms with van der Waals surface area (Å²) in [7, 11) is 0. The molecule has 0 fully saturated rings. The fourth-order valence-electron chi connectivity index (χ4n) is 0.362. The molecular weight excluding hydrogens is 128 g/mol. The maximum atomic E-state index is 2.98. The van der Waals surface area contributed by atoms with Gasteiger partial charge in [0.15, 0.2) is 0 Å². The van der Waals surface area contributed by atoms with E-state index in [4.69, 9.17) is 0 Å². The topological polar surface area (TPSA) is 0 Å². The number of hydrogen-bond donors (Lipinski definition) is 0. The van der Waals surface area contributed by atoms with Crippen molar-refractivity contribution in [3.05, 3.63) is 5.75 Å². The summed E-state index contributed by atoms with van der Waals surface area (Å²) in [6, 6.07) is 0. The summed E-state index contributed by atoms with van der Waals surface area (Å²) in [4.78, 5) is 0. The molecule has 0 aliphatic rings. The van der Waals surface area contributed by atoms with Gasteiger partial charge in [-0.2, -0.15) is 0 Å². The van der Waals surface area contributed by atoms with E-state index >= 15 is 0 Å². The lowest BCUT2D eigenvalue weighted by Crippen LogP contribution is -1.70. The van der Waals surface area contributed by atoms with Crippen LogP contribution in [0.1, 0.15) is 26.7 Å². The summed E-state index contributed by atoms with van der Waals surface area (Å²) >= 11 is 1.79. The van der Waals surface area contributed by atoms with Gasteiger partial charge >= 0.3 is 0 Å². The molecule has 9 heavy (non-hydrogen) atoms. The molecule has 0 aromatic rings. The zero-order chi connectivity index (χ0) is 6.95. The minimum absolute atomic E-state index is 0.961. The molecule has 0 saturated carbocycles. The average Bonchev–Trinajstić information content (AvgIpc) is 1.89. The molecule has 0 aliphatic heterocycles. The molecule has 51 valence electrons. The van der Waals surface area contributed by atoms with Crippen molar-refractivity contribution in [1.82, 2.24) is 0 Å². The summed E-state index contributed by atoms with van der Waals surface area (Å²) in [6.07, 6.45) is 2.19. The summed E-state index contributed by atoms with van der Waals surface area (Å²) in [6.45, 7) is 4.24. The van der Waals surface area contributed by atoms with Gasteiger partial charge in [0.2, 0.25) is 0 Å². The second kappa shape index (κ2) is 7.91. The molecule has 0 aromatic carbocycles. The fourth-order valence-corrected chi connectivity index (χ4v) is 0.882. The van der Waals surface area contributed by atoms with Crippen LogP contribution in [0.4, 0.5) is 0 Å². The van der Waals surface area contributed by atoms with Gasteiger partial charge in [-0.05, 0) is 12.2 Å². The van der Waals surface area contributed by atoms with Crippen LogP contribution in [-0.2, 0) is 0 Å². The van der Waals surface area contributed by atoms with Crippen LogP contribution in [0.15, 0.2) is 0 Å². The second-order valence-corrected chi connectivity index (χ2v) is 2.64. The van der Waals surface area contributed by atoms with Crippen LogP contribution in [0.3, 0.4) is 0 Å². The Morgan fingerprint density at radius 2 is 2.22 bits per heavy atom. The van der Waals surface area contributed by atoms with E-state index < -0.39 is 0 Å². The van der Waals surface area contributed by atoms with Crippen LogP contribution in [0.2, 0.25) is 0 Å². The molecular formula is C8H13S. The van der Waals surface area contributed by atoms with E-state index in [-0.39, 0.29) is 0 Å². The van der Waals surface area contributed by atoms with Crippen LogP contribution >= 0.6 is 11.8 Å². The Hall–Kier alpha value is -0.0900. The molecule has 0 unspecified atom stereocenters. The molecule has 0 amide bonds. The second-order valence-electron chi connectivity index (χ2n) is 1.66. The SMILES string of the molecule is CCC#C[CH]SCCC. The van der Waals surface area contributed by atoms with E-state index in [0.717, 1.165) is 6.42 Å². The zero-order valence-electron chi connectivity index (χ0n) is 6.11. The van der Waals surface area contributed by atoms with E-state index in [0.29, 0.717) is 0 Å². The Balaban J connectivity index is 2.90. The highest BCUT2D eigenvalue weighted by molar-refractivity contribution is 8.01. The van der Waals surface area contributed by atoms with Crippen LogP contribution in [0, 0.1) is 17.6 Å². The maximum Gasteiger partial charge on any atom is 0.0885 e. The van der Waals surface area contributed by atoms with Crippen molar-refractivity contribution in [2.45, 2.75) is 26.7 Å². The first kappa shape index (κ1) is 8.91. The summed E-state index contributed by atoms with van der Waals surface area (Å²) in [5.74, 6) is 9.11. The van der Waals surface area contributed by atoms with E-state index in [2.05, 4.69) is 25.7 Å². The third-order valence-electron chi connectivity index (χ3n) is 0.743. The van der Waals surface area contributed by atoms with E-state index in [1.807, 2.05) is 5.75 Å². The molecule has 0 aliphatic carbocycles. The molecule has 0 heterocycles. The normalized spacial score (nSPS) is 8.22. The smallest absolute Gasteiger partial charge is 0.0885 e. The van der Waals surface area contributed by atoms with Crippen molar-refractivity contribution >= 4 is 11.8 Å². The molecule has 0 atom stereocenters. The summed E-state index contributed by atoms with van der Waals surface area (Å²) in [5.41, 5.74) is 0. The Morgan fingerprint density at radius 3 is 2.78 bits per heavy atom. The lowest BCUT2D eigenvalue weighted by atomic mass is 10.5. The maximum absolute atomic E-state index is 2.98. The van der Waals surface area contributed by atoms with Crippen molar-refractivity contribution in [2.24, 2.45) is 0 Å². The van der Waals surface area contributed by atoms with Crippen LogP contribution in [0.25, 0.3) is 0 Å². The Kier molecular flexibility index (Phi) is 7.83. The van der Waals surface area contributed by atoms with Gasteiger partial charge in [-0.15, -0.1) is 17.7 Å².